The normalized spacial score (nSPS) is 11.1. The average molecular weight is 326 g/mol. The van der Waals surface area contributed by atoms with Crippen molar-refractivity contribution in [2.24, 2.45) is 0 Å². The summed E-state index contributed by atoms with van der Waals surface area (Å²) in [6, 6.07) is 13.4. The second kappa shape index (κ2) is 6.95. The van der Waals surface area contributed by atoms with E-state index in [1.165, 1.54) is 0 Å². The maximum absolute atomic E-state index is 12.6. The topological polar surface area (TPSA) is 41.6 Å². The van der Waals surface area contributed by atoms with E-state index < -0.39 is 0 Å². The number of methoxy groups -OCH3 is 1. The molecule has 0 aromatic heterocycles. The molecule has 2 aromatic rings. The number of amides is 1. The van der Waals surface area contributed by atoms with Crippen LogP contribution in [0.25, 0.3) is 0 Å². The number of nitrogens with zero attached hydrogens (tertiary/aromatic N) is 1. The first-order valence-corrected chi connectivity index (χ1v) is 7.99. The van der Waals surface area contributed by atoms with Crippen LogP contribution in [-0.4, -0.2) is 27.1 Å². The van der Waals surface area contributed by atoms with Gasteiger partial charge >= 0.3 is 0 Å². The second-order valence-corrected chi connectivity index (χ2v) is 7.06. The van der Waals surface area contributed by atoms with Gasteiger partial charge in [-0.05, 0) is 41.3 Å². The lowest BCUT2D eigenvalue weighted by Gasteiger charge is -2.21. The molecule has 0 radical (unpaired) electrons. The highest BCUT2D eigenvalue weighted by atomic mass is 16.5. The van der Waals surface area contributed by atoms with Gasteiger partial charge in [-0.25, -0.2) is 0 Å². The van der Waals surface area contributed by atoms with Crippen LogP contribution >= 0.6 is 0 Å². The van der Waals surface area contributed by atoms with E-state index >= 15 is 0 Å². The molecule has 2 aromatic carbocycles. The Labute approximate surface area is 144 Å². The summed E-state index contributed by atoms with van der Waals surface area (Å²) in [5.74, 6) is 0.503. The fourth-order valence-electron chi connectivity index (χ4n) is 2.39. The monoisotopic (exact) mass is 326 g/mol. The number of benzene rings is 2. The van der Waals surface area contributed by atoms with Crippen molar-refractivity contribution in [3.8, 4) is 5.75 Å². The number of carbonyl (C=O) groups is 1. The Morgan fingerprint density at radius 3 is 2.38 bits per heavy atom. The molecule has 1 N–H and O–H groups in total. The molecule has 4 heteroatoms. The number of hydrogen-bond donors (Lipinski definition) is 1. The van der Waals surface area contributed by atoms with Crippen LogP contribution in [0.1, 0.15) is 36.7 Å². The molecule has 24 heavy (non-hydrogen) atoms. The summed E-state index contributed by atoms with van der Waals surface area (Å²) in [5.41, 5.74) is 3.42. The highest BCUT2D eigenvalue weighted by molar-refractivity contribution is 6.05. The Hall–Kier alpha value is -2.49. The third-order valence-electron chi connectivity index (χ3n) is 3.94. The van der Waals surface area contributed by atoms with Crippen LogP contribution in [0.2, 0.25) is 0 Å². The van der Waals surface area contributed by atoms with E-state index in [-0.39, 0.29) is 11.3 Å². The number of rotatable bonds is 4. The minimum absolute atomic E-state index is 0.00338. The second-order valence-electron chi connectivity index (χ2n) is 7.06. The molecule has 128 valence electrons. The van der Waals surface area contributed by atoms with Crippen molar-refractivity contribution in [2.45, 2.75) is 26.2 Å². The predicted molar refractivity (Wildman–Crippen MR) is 100 cm³/mol. The number of hydrogen-bond acceptors (Lipinski definition) is 3. The van der Waals surface area contributed by atoms with Gasteiger partial charge in [0.15, 0.2) is 0 Å². The molecule has 0 saturated carbocycles. The first kappa shape index (κ1) is 17.9. The number of carbonyl (C=O) groups excluding carboxylic acids is 1. The van der Waals surface area contributed by atoms with E-state index in [1.54, 1.807) is 7.11 Å². The molecule has 0 aliphatic carbocycles. The molecule has 0 aliphatic heterocycles. The maximum Gasteiger partial charge on any atom is 0.255 e. The Morgan fingerprint density at radius 1 is 1.08 bits per heavy atom. The van der Waals surface area contributed by atoms with Crippen molar-refractivity contribution in [2.75, 3.05) is 31.4 Å². The third-order valence-corrected chi connectivity index (χ3v) is 3.94. The van der Waals surface area contributed by atoms with Crippen LogP contribution in [0.4, 0.5) is 11.4 Å². The fourth-order valence-corrected chi connectivity index (χ4v) is 2.39. The van der Waals surface area contributed by atoms with Gasteiger partial charge in [-0.15, -0.1) is 0 Å². The summed E-state index contributed by atoms with van der Waals surface area (Å²) < 4.78 is 5.39. The lowest BCUT2D eigenvalue weighted by Crippen LogP contribution is -2.16. The van der Waals surface area contributed by atoms with E-state index in [4.69, 9.17) is 4.74 Å². The van der Waals surface area contributed by atoms with E-state index in [0.717, 1.165) is 11.3 Å². The van der Waals surface area contributed by atoms with Crippen LogP contribution in [0.3, 0.4) is 0 Å². The molecular formula is C20H26N2O2. The van der Waals surface area contributed by atoms with Gasteiger partial charge in [0.05, 0.1) is 12.8 Å². The van der Waals surface area contributed by atoms with Crippen molar-refractivity contribution < 1.29 is 9.53 Å². The number of nitrogens with one attached hydrogen (secondary N) is 1. The predicted octanol–water partition coefficient (Wildman–Crippen LogP) is 4.31. The van der Waals surface area contributed by atoms with Crippen molar-refractivity contribution in [1.29, 1.82) is 0 Å². The Kier molecular flexibility index (Phi) is 5.17. The Morgan fingerprint density at radius 2 is 1.79 bits per heavy atom. The van der Waals surface area contributed by atoms with E-state index in [1.807, 2.05) is 61.5 Å². The lowest BCUT2D eigenvalue weighted by molar-refractivity contribution is 0.102. The molecule has 0 saturated heterocycles. The summed E-state index contributed by atoms with van der Waals surface area (Å²) in [6.45, 7) is 6.42. The zero-order valence-corrected chi connectivity index (χ0v) is 15.3. The summed E-state index contributed by atoms with van der Waals surface area (Å²) in [6.07, 6.45) is 0. The Bertz CT molecular complexity index is 731. The highest BCUT2D eigenvalue weighted by Gasteiger charge is 2.17. The summed E-state index contributed by atoms with van der Waals surface area (Å²) >= 11 is 0. The standard InChI is InChI=1S/C20H26N2O2/c1-20(2,3)15-10-11-18(24-6)17(13-15)21-19(23)14-8-7-9-16(12-14)22(4)5/h7-13H,1-6H3,(H,21,23). The minimum Gasteiger partial charge on any atom is -0.495 e. The first-order chi connectivity index (χ1) is 11.2. The van der Waals surface area contributed by atoms with E-state index in [0.29, 0.717) is 17.0 Å². The smallest absolute Gasteiger partial charge is 0.255 e. The average Bonchev–Trinajstić information content (AvgIpc) is 2.54. The van der Waals surface area contributed by atoms with Crippen LogP contribution in [0, 0.1) is 0 Å². The molecule has 0 aliphatic rings. The van der Waals surface area contributed by atoms with Gasteiger partial charge in [0.1, 0.15) is 5.75 Å². The van der Waals surface area contributed by atoms with Crippen LogP contribution < -0.4 is 15.0 Å². The molecule has 0 atom stereocenters. The zero-order chi connectivity index (χ0) is 17.9. The molecule has 0 fully saturated rings. The Balaban J connectivity index is 2.32. The SMILES string of the molecule is COc1ccc(C(C)(C)C)cc1NC(=O)c1cccc(N(C)C)c1. The van der Waals surface area contributed by atoms with Gasteiger partial charge in [0.25, 0.3) is 5.91 Å². The van der Waals surface area contributed by atoms with Gasteiger partial charge in [0, 0.05) is 25.3 Å². The molecule has 0 spiro atoms. The van der Waals surface area contributed by atoms with Crippen molar-refractivity contribution in [3.05, 3.63) is 53.6 Å². The van der Waals surface area contributed by atoms with Crippen LogP contribution in [0.15, 0.2) is 42.5 Å². The van der Waals surface area contributed by atoms with Crippen molar-refractivity contribution in [1.82, 2.24) is 0 Å². The number of ether oxygens (including phenoxy) is 1. The van der Waals surface area contributed by atoms with E-state index in [2.05, 4.69) is 26.1 Å². The minimum atomic E-state index is -0.150. The van der Waals surface area contributed by atoms with Gasteiger partial charge in [-0.2, -0.15) is 0 Å². The van der Waals surface area contributed by atoms with Crippen LogP contribution in [0.5, 0.6) is 5.75 Å². The maximum atomic E-state index is 12.6. The van der Waals surface area contributed by atoms with Crippen LogP contribution in [-0.2, 0) is 5.41 Å². The number of anilines is 2. The molecule has 0 bridgehead atoms. The quantitative estimate of drug-likeness (QED) is 0.910. The lowest BCUT2D eigenvalue weighted by atomic mass is 9.87. The van der Waals surface area contributed by atoms with E-state index in [9.17, 15) is 4.79 Å². The first-order valence-electron chi connectivity index (χ1n) is 7.99. The largest absolute Gasteiger partial charge is 0.495 e. The molecule has 1 amide bonds. The van der Waals surface area contributed by atoms with Gasteiger partial charge in [-0.3, -0.25) is 4.79 Å². The van der Waals surface area contributed by atoms with Crippen molar-refractivity contribution >= 4 is 17.3 Å². The third kappa shape index (κ3) is 4.07. The molecular weight excluding hydrogens is 300 g/mol. The molecule has 0 unspecified atom stereocenters. The van der Waals surface area contributed by atoms with Gasteiger partial charge in [0.2, 0.25) is 0 Å². The zero-order valence-electron chi connectivity index (χ0n) is 15.3. The van der Waals surface area contributed by atoms with Gasteiger partial charge < -0.3 is 15.0 Å². The van der Waals surface area contributed by atoms with Gasteiger partial charge in [-0.1, -0.05) is 32.9 Å². The molecule has 4 nitrogen and oxygen atoms in total. The summed E-state index contributed by atoms with van der Waals surface area (Å²) in [7, 11) is 5.51. The fraction of sp³-hybridized carbons (Fsp3) is 0.350. The highest BCUT2D eigenvalue weighted by Crippen LogP contribution is 2.31. The summed E-state index contributed by atoms with van der Waals surface area (Å²) in [5, 5.41) is 2.97. The molecule has 2 rings (SSSR count). The summed E-state index contributed by atoms with van der Waals surface area (Å²) in [4.78, 5) is 14.6. The molecule has 0 heterocycles. The van der Waals surface area contributed by atoms with Crippen molar-refractivity contribution in [3.63, 3.8) is 0 Å².